The molecule has 1 saturated heterocycles. The topological polar surface area (TPSA) is 69.7 Å². The van der Waals surface area contributed by atoms with E-state index in [4.69, 9.17) is 14.2 Å². The van der Waals surface area contributed by atoms with E-state index in [1.165, 1.54) is 11.3 Å². The molecular formula is C22H30N2O4S. The molecule has 1 unspecified atom stereocenters. The van der Waals surface area contributed by atoms with Crippen LogP contribution in [0.1, 0.15) is 52.6 Å². The molecule has 158 valence electrons. The molecule has 1 aromatic carbocycles. The van der Waals surface area contributed by atoms with Crippen LogP contribution in [-0.4, -0.2) is 37.3 Å². The average Bonchev–Trinajstić information content (AvgIpc) is 3.33. The van der Waals surface area contributed by atoms with Crippen LogP contribution >= 0.6 is 11.3 Å². The molecule has 6 nitrogen and oxygen atoms in total. The number of hydrogen-bond acceptors (Lipinski definition) is 6. The van der Waals surface area contributed by atoms with Crippen LogP contribution < -0.4 is 14.8 Å². The van der Waals surface area contributed by atoms with E-state index >= 15 is 0 Å². The van der Waals surface area contributed by atoms with Gasteiger partial charge in [0.15, 0.2) is 11.5 Å². The second-order valence-corrected chi connectivity index (χ2v) is 8.82. The van der Waals surface area contributed by atoms with Crippen molar-refractivity contribution in [2.75, 3.05) is 20.3 Å². The molecule has 0 radical (unpaired) electrons. The van der Waals surface area contributed by atoms with Crippen LogP contribution in [0.25, 0.3) is 0 Å². The predicted molar refractivity (Wildman–Crippen MR) is 114 cm³/mol. The van der Waals surface area contributed by atoms with Gasteiger partial charge in [-0.15, -0.1) is 11.3 Å². The Bertz CT molecular complexity index is 828. The molecule has 0 aliphatic carbocycles. The molecular weight excluding hydrogens is 388 g/mol. The van der Waals surface area contributed by atoms with Gasteiger partial charge in [0, 0.05) is 19.6 Å². The smallest absolute Gasteiger partial charge is 0.263 e. The van der Waals surface area contributed by atoms with Crippen molar-refractivity contribution in [2.45, 2.75) is 52.7 Å². The monoisotopic (exact) mass is 418 g/mol. The summed E-state index contributed by atoms with van der Waals surface area (Å²) < 4.78 is 16.9. The molecule has 1 aliphatic rings. The first-order chi connectivity index (χ1) is 14.0. The highest BCUT2D eigenvalue weighted by molar-refractivity contribution is 7.13. The molecule has 2 aromatic rings. The number of aromatic nitrogens is 1. The Morgan fingerprint density at radius 3 is 2.90 bits per heavy atom. The molecule has 1 N–H and O–H groups in total. The molecule has 1 aromatic heterocycles. The molecule has 3 rings (SSSR count). The summed E-state index contributed by atoms with van der Waals surface area (Å²) in [6, 6.07) is 5.72. The van der Waals surface area contributed by atoms with Crippen molar-refractivity contribution in [2.24, 2.45) is 5.92 Å². The lowest BCUT2D eigenvalue weighted by molar-refractivity contribution is 0.0669. The summed E-state index contributed by atoms with van der Waals surface area (Å²) >= 11 is 1.48. The van der Waals surface area contributed by atoms with E-state index in [0.29, 0.717) is 35.4 Å². The van der Waals surface area contributed by atoms with Crippen molar-refractivity contribution < 1.29 is 19.0 Å². The Morgan fingerprint density at radius 1 is 1.38 bits per heavy atom. The fourth-order valence-corrected chi connectivity index (χ4v) is 4.45. The van der Waals surface area contributed by atoms with Crippen molar-refractivity contribution in [1.29, 1.82) is 0 Å². The number of hydrogen-bond donors (Lipinski definition) is 1. The van der Waals surface area contributed by atoms with Crippen LogP contribution in [0.3, 0.4) is 0 Å². The Labute approximate surface area is 176 Å². The fourth-order valence-electron chi connectivity index (χ4n) is 3.26. The summed E-state index contributed by atoms with van der Waals surface area (Å²) in [5, 5.41) is 4.00. The van der Waals surface area contributed by atoms with E-state index in [1.54, 1.807) is 7.11 Å². The van der Waals surface area contributed by atoms with Gasteiger partial charge in [-0.1, -0.05) is 19.9 Å². The Balaban J connectivity index is 1.58. The lowest BCUT2D eigenvalue weighted by atomic mass is 10.1. The first kappa shape index (κ1) is 21.6. The van der Waals surface area contributed by atoms with Gasteiger partial charge >= 0.3 is 0 Å². The third-order valence-corrected chi connectivity index (χ3v) is 5.94. The molecule has 1 atom stereocenters. The number of nitrogens with zero attached hydrogens (tertiary/aromatic N) is 1. The van der Waals surface area contributed by atoms with Crippen LogP contribution in [0.2, 0.25) is 0 Å². The van der Waals surface area contributed by atoms with E-state index in [-0.39, 0.29) is 12.0 Å². The maximum atomic E-state index is 12.6. The maximum absolute atomic E-state index is 12.6. The van der Waals surface area contributed by atoms with Crippen LogP contribution in [0, 0.1) is 12.8 Å². The number of nitrogens with one attached hydrogen (secondary N) is 1. The lowest BCUT2D eigenvalue weighted by Crippen LogP contribution is -2.22. The molecule has 7 heteroatoms. The summed E-state index contributed by atoms with van der Waals surface area (Å²) in [6.45, 7) is 7.93. The highest BCUT2D eigenvalue weighted by atomic mass is 32.1. The van der Waals surface area contributed by atoms with Crippen LogP contribution in [-0.2, 0) is 17.7 Å². The lowest BCUT2D eigenvalue weighted by Gasteiger charge is -2.15. The van der Waals surface area contributed by atoms with Gasteiger partial charge in [0.2, 0.25) is 0 Å². The quantitative estimate of drug-likeness (QED) is 0.663. The minimum absolute atomic E-state index is 0.0901. The van der Waals surface area contributed by atoms with E-state index < -0.39 is 0 Å². The van der Waals surface area contributed by atoms with E-state index in [0.717, 1.165) is 42.1 Å². The molecule has 29 heavy (non-hydrogen) atoms. The van der Waals surface area contributed by atoms with Crippen molar-refractivity contribution >= 4 is 17.2 Å². The first-order valence-electron chi connectivity index (χ1n) is 10.1. The van der Waals surface area contributed by atoms with Gasteiger partial charge in [0.25, 0.3) is 5.91 Å². The van der Waals surface area contributed by atoms with Crippen LogP contribution in [0.5, 0.6) is 11.5 Å². The van der Waals surface area contributed by atoms with Gasteiger partial charge in [0.1, 0.15) is 11.5 Å². The van der Waals surface area contributed by atoms with Gasteiger partial charge in [-0.05, 0) is 43.4 Å². The Kier molecular flexibility index (Phi) is 7.50. The van der Waals surface area contributed by atoms with Crippen molar-refractivity contribution in [3.8, 4) is 11.5 Å². The van der Waals surface area contributed by atoms with Gasteiger partial charge in [-0.25, -0.2) is 4.98 Å². The highest BCUT2D eigenvalue weighted by Crippen LogP contribution is 2.29. The summed E-state index contributed by atoms with van der Waals surface area (Å²) in [6.07, 6.45) is 3.16. The third kappa shape index (κ3) is 5.93. The summed E-state index contributed by atoms with van der Waals surface area (Å²) in [5.74, 6) is 1.77. The van der Waals surface area contributed by atoms with Crippen molar-refractivity contribution in [1.82, 2.24) is 10.3 Å². The number of carbonyl (C=O) groups is 1. The Hall–Kier alpha value is -2.12. The summed E-state index contributed by atoms with van der Waals surface area (Å²) in [5.41, 5.74) is 1.74. The van der Waals surface area contributed by atoms with Gasteiger partial charge in [-0.2, -0.15) is 0 Å². The SMILES string of the molecule is COc1cc(CNC(=O)c2sc(CC(C)C)nc2C)ccc1OCC1CCCO1. The zero-order valence-electron chi connectivity index (χ0n) is 17.6. The van der Waals surface area contributed by atoms with E-state index in [1.807, 2.05) is 25.1 Å². The third-order valence-electron chi connectivity index (χ3n) is 4.76. The number of amides is 1. The molecule has 0 spiro atoms. The van der Waals surface area contributed by atoms with Gasteiger partial charge < -0.3 is 19.5 Å². The number of benzene rings is 1. The normalized spacial score (nSPS) is 16.2. The second kappa shape index (κ2) is 10.1. The average molecular weight is 419 g/mol. The highest BCUT2D eigenvalue weighted by Gasteiger charge is 2.18. The number of thiazole rings is 1. The molecule has 0 bridgehead atoms. The molecule has 1 fully saturated rings. The molecule has 1 aliphatic heterocycles. The Morgan fingerprint density at radius 2 is 2.21 bits per heavy atom. The summed E-state index contributed by atoms with van der Waals surface area (Å²) in [7, 11) is 1.62. The number of carbonyl (C=O) groups excluding carboxylic acids is 1. The molecule has 1 amide bonds. The van der Waals surface area contributed by atoms with E-state index in [9.17, 15) is 4.79 Å². The minimum Gasteiger partial charge on any atom is -0.493 e. The standard InChI is InChI=1S/C22H30N2O4S/c1-14(2)10-20-24-15(3)21(29-20)22(25)23-12-16-7-8-18(19(11-16)26-4)28-13-17-6-5-9-27-17/h7-8,11,14,17H,5-6,9-10,12-13H2,1-4H3,(H,23,25). The first-order valence-corrected chi connectivity index (χ1v) is 10.9. The van der Waals surface area contributed by atoms with E-state index in [2.05, 4.69) is 24.1 Å². The minimum atomic E-state index is -0.0901. The summed E-state index contributed by atoms with van der Waals surface area (Å²) in [4.78, 5) is 17.8. The van der Waals surface area contributed by atoms with Crippen LogP contribution in [0.15, 0.2) is 18.2 Å². The second-order valence-electron chi connectivity index (χ2n) is 7.73. The molecule has 2 heterocycles. The number of aryl methyl sites for hydroxylation is 1. The van der Waals surface area contributed by atoms with Crippen LogP contribution in [0.4, 0.5) is 0 Å². The van der Waals surface area contributed by atoms with Crippen molar-refractivity contribution in [3.63, 3.8) is 0 Å². The van der Waals surface area contributed by atoms with Crippen molar-refractivity contribution in [3.05, 3.63) is 39.3 Å². The maximum Gasteiger partial charge on any atom is 0.263 e. The predicted octanol–water partition coefficient (Wildman–Crippen LogP) is 4.15. The van der Waals surface area contributed by atoms with Gasteiger partial charge in [0.05, 0.1) is 23.9 Å². The zero-order valence-corrected chi connectivity index (χ0v) is 18.4. The number of ether oxygens (including phenoxy) is 3. The fraction of sp³-hybridized carbons (Fsp3) is 0.545. The zero-order chi connectivity index (χ0) is 20.8. The largest absolute Gasteiger partial charge is 0.493 e. The number of rotatable bonds is 9. The number of methoxy groups -OCH3 is 1. The van der Waals surface area contributed by atoms with Gasteiger partial charge in [-0.3, -0.25) is 4.79 Å². The molecule has 0 saturated carbocycles.